The molecule has 2 rings (SSSR count). The standard InChI is InChI=1S/C12H22N2O/c1-2-14(11-5-3-4-6-11)12(15)10-7-8-13-9-10/h10-11,13H,2-9H2,1H3. The van der Waals surface area contributed by atoms with Crippen LogP contribution in [0.3, 0.4) is 0 Å². The molecule has 0 spiro atoms. The summed E-state index contributed by atoms with van der Waals surface area (Å²) in [6.45, 7) is 4.90. The third kappa shape index (κ3) is 2.33. The molecular formula is C12H22N2O. The molecule has 1 heterocycles. The maximum Gasteiger partial charge on any atom is 0.227 e. The largest absolute Gasteiger partial charge is 0.340 e. The molecule has 0 bridgehead atoms. The van der Waals surface area contributed by atoms with Crippen molar-refractivity contribution in [2.24, 2.45) is 5.92 Å². The van der Waals surface area contributed by atoms with Crippen LogP contribution in [0.5, 0.6) is 0 Å². The lowest BCUT2D eigenvalue weighted by Crippen LogP contribution is -2.42. The van der Waals surface area contributed by atoms with E-state index in [1.807, 2.05) is 0 Å². The van der Waals surface area contributed by atoms with Crippen LogP contribution >= 0.6 is 0 Å². The minimum Gasteiger partial charge on any atom is -0.340 e. The molecule has 3 heteroatoms. The Labute approximate surface area is 92.2 Å². The minimum absolute atomic E-state index is 0.255. The van der Waals surface area contributed by atoms with E-state index >= 15 is 0 Å². The lowest BCUT2D eigenvalue weighted by Gasteiger charge is -2.30. The molecule has 0 aromatic rings. The summed E-state index contributed by atoms with van der Waals surface area (Å²) >= 11 is 0. The van der Waals surface area contributed by atoms with Gasteiger partial charge >= 0.3 is 0 Å². The van der Waals surface area contributed by atoms with E-state index in [9.17, 15) is 4.79 Å². The first kappa shape index (κ1) is 10.9. The molecule has 1 aliphatic carbocycles. The van der Waals surface area contributed by atoms with Crippen molar-refractivity contribution < 1.29 is 4.79 Å². The second-order valence-corrected chi connectivity index (χ2v) is 4.75. The van der Waals surface area contributed by atoms with Gasteiger partial charge in [-0.3, -0.25) is 4.79 Å². The summed E-state index contributed by atoms with van der Waals surface area (Å²) in [5.41, 5.74) is 0. The average Bonchev–Trinajstić information content (AvgIpc) is 2.91. The van der Waals surface area contributed by atoms with Gasteiger partial charge in [0.2, 0.25) is 5.91 Å². The third-order valence-corrected chi connectivity index (χ3v) is 3.80. The summed E-state index contributed by atoms with van der Waals surface area (Å²) in [6, 6.07) is 0.545. The number of hydrogen-bond donors (Lipinski definition) is 1. The van der Waals surface area contributed by atoms with Crippen molar-refractivity contribution in [3.8, 4) is 0 Å². The number of hydrogen-bond acceptors (Lipinski definition) is 2. The predicted molar refractivity (Wildman–Crippen MR) is 60.6 cm³/mol. The van der Waals surface area contributed by atoms with E-state index in [2.05, 4.69) is 17.1 Å². The fourth-order valence-electron chi connectivity index (χ4n) is 2.91. The van der Waals surface area contributed by atoms with Crippen LogP contribution in [0.1, 0.15) is 39.0 Å². The molecule has 15 heavy (non-hydrogen) atoms. The summed E-state index contributed by atoms with van der Waals surface area (Å²) in [7, 11) is 0. The zero-order valence-corrected chi connectivity index (χ0v) is 9.67. The van der Waals surface area contributed by atoms with Crippen LogP contribution in [-0.2, 0) is 4.79 Å². The van der Waals surface area contributed by atoms with Gasteiger partial charge in [-0.2, -0.15) is 0 Å². The third-order valence-electron chi connectivity index (χ3n) is 3.80. The van der Waals surface area contributed by atoms with E-state index in [0.717, 1.165) is 26.1 Å². The van der Waals surface area contributed by atoms with Gasteiger partial charge in [-0.15, -0.1) is 0 Å². The quantitative estimate of drug-likeness (QED) is 0.763. The molecule has 0 radical (unpaired) electrons. The topological polar surface area (TPSA) is 32.3 Å². The molecule has 0 aromatic carbocycles. The number of amides is 1. The SMILES string of the molecule is CCN(C(=O)C1CCNC1)C1CCCC1. The van der Waals surface area contributed by atoms with Crippen molar-refractivity contribution in [1.29, 1.82) is 0 Å². The summed E-state index contributed by atoms with van der Waals surface area (Å²) in [4.78, 5) is 14.4. The van der Waals surface area contributed by atoms with Crippen molar-refractivity contribution in [2.45, 2.75) is 45.1 Å². The molecule has 1 atom stereocenters. The van der Waals surface area contributed by atoms with Crippen molar-refractivity contribution in [3.63, 3.8) is 0 Å². The highest BCUT2D eigenvalue weighted by Gasteiger charge is 2.31. The number of nitrogens with one attached hydrogen (secondary N) is 1. The maximum atomic E-state index is 12.2. The highest BCUT2D eigenvalue weighted by atomic mass is 16.2. The highest BCUT2D eigenvalue weighted by molar-refractivity contribution is 5.79. The molecule has 1 unspecified atom stereocenters. The molecule has 2 fully saturated rings. The van der Waals surface area contributed by atoms with Crippen LogP contribution in [0.25, 0.3) is 0 Å². The Morgan fingerprint density at radius 3 is 2.60 bits per heavy atom. The van der Waals surface area contributed by atoms with Crippen LogP contribution in [-0.4, -0.2) is 36.5 Å². The zero-order valence-electron chi connectivity index (χ0n) is 9.67. The van der Waals surface area contributed by atoms with Crippen molar-refractivity contribution in [3.05, 3.63) is 0 Å². The van der Waals surface area contributed by atoms with E-state index in [-0.39, 0.29) is 5.92 Å². The van der Waals surface area contributed by atoms with Crippen LogP contribution in [0, 0.1) is 5.92 Å². The summed E-state index contributed by atoms with van der Waals surface area (Å²) in [6.07, 6.45) is 6.08. The fraction of sp³-hybridized carbons (Fsp3) is 0.917. The summed E-state index contributed by atoms with van der Waals surface area (Å²) in [5.74, 6) is 0.653. The Bertz CT molecular complexity index is 218. The second-order valence-electron chi connectivity index (χ2n) is 4.75. The monoisotopic (exact) mass is 210 g/mol. The Hall–Kier alpha value is -0.570. The van der Waals surface area contributed by atoms with E-state index in [4.69, 9.17) is 0 Å². The van der Waals surface area contributed by atoms with E-state index in [1.54, 1.807) is 0 Å². The van der Waals surface area contributed by atoms with Crippen molar-refractivity contribution in [2.75, 3.05) is 19.6 Å². The maximum absolute atomic E-state index is 12.2. The fourth-order valence-corrected chi connectivity index (χ4v) is 2.91. The minimum atomic E-state index is 0.255. The lowest BCUT2D eigenvalue weighted by molar-refractivity contribution is -0.136. The van der Waals surface area contributed by atoms with E-state index in [1.165, 1.54) is 25.7 Å². The summed E-state index contributed by atoms with van der Waals surface area (Å²) < 4.78 is 0. The molecule has 3 nitrogen and oxygen atoms in total. The second kappa shape index (κ2) is 4.97. The zero-order chi connectivity index (χ0) is 10.7. The smallest absolute Gasteiger partial charge is 0.227 e. The number of carbonyl (C=O) groups excluding carboxylic acids is 1. The first-order valence-electron chi connectivity index (χ1n) is 6.34. The molecule has 1 saturated heterocycles. The molecule has 1 saturated carbocycles. The van der Waals surface area contributed by atoms with Crippen molar-refractivity contribution in [1.82, 2.24) is 10.2 Å². The van der Waals surface area contributed by atoms with Crippen LogP contribution in [0.4, 0.5) is 0 Å². The Morgan fingerprint density at radius 2 is 2.07 bits per heavy atom. The van der Waals surface area contributed by atoms with Gasteiger partial charge in [0.25, 0.3) is 0 Å². The van der Waals surface area contributed by atoms with E-state index < -0.39 is 0 Å². The Morgan fingerprint density at radius 1 is 1.33 bits per heavy atom. The van der Waals surface area contributed by atoms with Crippen LogP contribution in [0.2, 0.25) is 0 Å². The number of rotatable bonds is 3. The molecule has 2 aliphatic rings. The molecule has 86 valence electrons. The number of nitrogens with zero attached hydrogens (tertiary/aromatic N) is 1. The molecule has 0 aromatic heterocycles. The van der Waals surface area contributed by atoms with Gasteiger partial charge in [-0.05, 0) is 32.7 Å². The van der Waals surface area contributed by atoms with Gasteiger partial charge in [0, 0.05) is 19.1 Å². The van der Waals surface area contributed by atoms with Gasteiger partial charge in [-0.25, -0.2) is 0 Å². The van der Waals surface area contributed by atoms with Gasteiger partial charge < -0.3 is 10.2 Å². The van der Waals surface area contributed by atoms with Gasteiger partial charge in [-0.1, -0.05) is 12.8 Å². The first-order valence-corrected chi connectivity index (χ1v) is 6.34. The Balaban J connectivity index is 1.95. The normalized spacial score (nSPS) is 27.1. The number of carbonyl (C=O) groups is 1. The molecular weight excluding hydrogens is 188 g/mol. The van der Waals surface area contributed by atoms with Gasteiger partial charge in [0.15, 0.2) is 0 Å². The van der Waals surface area contributed by atoms with E-state index in [0.29, 0.717) is 11.9 Å². The van der Waals surface area contributed by atoms with Crippen LogP contribution in [0.15, 0.2) is 0 Å². The predicted octanol–water partition coefficient (Wildman–Crippen LogP) is 1.39. The first-order chi connectivity index (χ1) is 7.33. The molecule has 1 aliphatic heterocycles. The summed E-state index contributed by atoms with van der Waals surface area (Å²) in [5, 5.41) is 3.28. The molecule has 1 N–H and O–H groups in total. The van der Waals surface area contributed by atoms with Gasteiger partial charge in [0.05, 0.1) is 5.92 Å². The highest BCUT2D eigenvalue weighted by Crippen LogP contribution is 2.25. The lowest BCUT2D eigenvalue weighted by atomic mass is 10.1. The Kier molecular flexibility index (Phi) is 3.62. The van der Waals surface area contributed by atoms with Crippen LogP contribution < -0.4 is 5.32 Å². The van der Waals surface area contributed by atoms with Gasteiger partial charge in [0.1, 0.15) is 0 Å². The molecule has 1 amide bonds. The van der Waals surface area contributed by atoms with Crippen molar-refractivity contribution >= 4 is 5.91 Å². The average molecular weight is 210 g/mol.